The number of esters is 1. The molecule has 0 aliphatic carbocycles. The van der Waals surface area contributed by atoms with E-state index in [4.69, 9.17) is 18.9 Å². The third kappa shape index (κ3) is 5.30. The molecule has 0 unspecified atom stereocenters. The molecule has 0 saturated carbocycles. The van der Waals surface area contributed by atoms with Crippen molar-refractivity contribution in [3.8, 4) is 17.2 Å². The number of halogens is 1. The van der Waals surface area contributed by atoms with Crippen LogP contribution in [0.2, 0.25) is 0 Å². The molecule has 0 N–H and O–H groups in total. The average molecular weight is 634 g/mol. The number of carbonyl (C=O) groups excluding carboxylic acids is 1. The number of hydrogen-bond donors (Lipinski definition) is 0. The van der Waals surface area contributed by atoms with Gasteiger partial charge in [0.1, 0.15) is 5.75 Å². The molecular formula is C27H27IN2O6S. The van der Waals surface area contributed by atoms with Gasteiger partial charge in [-0.2, -0.15) is 0 Å². The highest BCUT2D eigenvalue weighted by Gasteiger charge is 2.34. The van der Waals surface area contributed by atoms with E-state index in [-0.39, 0.29) is 12.2 Å². The Balaban J connectivity index is 1.94. The van der Waals surface area contributed by atoms with Crippen LogP contribution in [0.3, 0.4) is 0 Å². The first-order valence-electron chi connectivity index (χ1n) is 11.7. The fourth-order valence-corrected chi connectivity index (χ4v) is 5.97. The minimum absolute atomic E-state index is 0.204. The molecular weight excluding hydrogens is 607 g/mol. The van der Waals surface area contributed by atoms with Crippen molar-refractivity contribution >= 4 is 46.0 Å². The van der Waals surface area contributed by atoms with Crippen LogP contribution in [0.5, 0.6) is 17.2 Å². The number of methoxy groups -OCH3 is 2. The van der Waals surface area contributed by atoms with Gasteiger partial charge in [-0.25, -0.2) is 9.79 Å². The molecule has 2 heterocycles. The van der Waals surface area contributed by atoms with Crippen molar-refractivity contribution in [3.05, 3.63) is 82.1 Å². The van der Waals surface area contributed by atoms with Gasteiger partial charge in [-0.1, -0.05) is 23.5 Å². The van der Waals surface area contributed by atoms with Crippen molar-refractivity contribution in [1.29, 1.82) is 0 Å². The van der Waals surface area contributed by atoms with Gasteiger partial charge in [-0.05, 0) is 84.8 Å². The maximum Gasteiger partial charge on any atom is 0.338 e. The number of thiazole rings is 1. The number of rotatable bonds is 8. The Hall–Kier alpha value is -3.12. The van der Waals surface area contributed by atoms with Gasteiger partial charge in [0.25, 0.3) is 5.56 Å². The molecule has 0 spiro atoms. The predicted octanol–water partition coefficient (Wildman–Crippen LogP) is 3.82. The van der Waals surface area contributed by atoms with Crippen LogP contribution in [-0.2, 0) is 9.53 Å². The molecule has 194 valence electrons. The fourth-order valence-electron chi connectivity index (χ4n) is 4.16. The lowest BCUT2D eigenvalue weighted by atomic mass is 9.95. The molecule has 0 saturated heterocycles. The summed E-state index contributed by atoms with van der Waals surface area (Å²) in [7, 11) is 3.18. The van der Waals surface area contributed by atoms with Crippen LogP contribution in [0.25, 0.3) is 6.08 Å². The summed E-state index contributed by atoms with van der Waals surface area (Å²) in [6.45, 7) is 6.02. The van der Waals surface area contributed by atoms with Gasteiger partial charge in [0.05, 0.1) is 52.8 Å². The number of benzene rings is 2. The Bertz CT molecular complexity index is 1560. The van der Waals surface area contributed by atoms with Crippen LogP contribution >= 0.6 is 33.9 Å². The van der Waals surface area contributed by atoms with E-state index in [0.717, 1.165) is 14.9 Å². The van der Waals surface area contributed by atoms with Crippen LogP contribution < -0.4 is 29.1 Å². The number of carbonyl (C=O) groups is 1. The molecule has 1 atom stereocenters. The topological polar surface area (TPSA) is 88.4 Å². The minimum atomic E-state index is -0.737. The summed E-state index contributed by atoms with van der Waals surface area (Å²) in [5.41, 5.74) is 2.11. The molecule has 4 rings (SSSR count). The molecule has 10 heteroatoms. The number of nitrogens with zero attached hydrogens (tertiary/aromatic N) is 2. The maximum absolute atomic E-state index is 13.8. The monoisotopic (exact) mass is 634 g/mol. The zero-order chi connectivity index (χ0) is 26.7. The second kappa shape index (κ2) is 11.5. The third-order valence-electron chi connectivity index (χ3n) is 5.79. The summed E-state index contributed by atoms with van der Waals surface area (Å²) in [5.74, 6) is 1.33. The lowest BCUT2D eigenvalue weighted by molar-refractivity contribution is -0.139. The summed E-state index contributed by atoms with van der Waals surface area (Å²) in [6, 6.07) is 10.4. The molecule has 3 aromatic rings. The first-order valence-corrected chi connectivity index (χ1v) is 13.6. The smallest absolute Gasteiger partial charge is 0.338 e. The lowest BCUT2D eigenvalue weighted by Crippen LogP contribution is -2.40. The molecule has 2 aromatic carbocycles. The van der Waals surface area contributed by atoms with E-state index in [2.05, 4.69) is 27.6 Å². The van der Waals surface area contributed by atoms with Gasteiger partial charge in [0, 0.05) is 0 Å². The van der Waals surface area contributed by atoms with Crippen LogP contribution in [0.15, 0.2) is 57.5 Å². The van der Waals surface area contributed by atoms with Crippen molar-refractivity contribution in [2.75, 3.05) is 27.4 Å². The largest absolute Gasteiger partial charge is 0.496 e. The molecule has 1 aromatic heterocycles. The normalized spacial score (nSPS) is 15.2. The summed E-state index contributed by atoms with van der Waals surface area (Å²) in [4.78, 5) is 32.0. The van der Waals surface area contributed by atoms with E-state index in [1.165, 1.54) is 11.3 Å². The van der Waals surface area contributed by atoms with Crippen LogP contribution in [0.1, 0.15) is 37.9 Å². The number of fused-ring (bicyclic) bond motifs is 1. The standard InChI is InChI=1S/C27H27IN2O6S/c1-6-35-21-14-17(9-11-20(21)34-5)24-23(26(32)36-7-2)15(3)29-27-30(24)25(31)22(37-27)13-16-8-10-19(33-4)18(28)12-16/h8-14,24H,6-7H2,1-5H3/b22-13+/t24-/m1/s1. The average Bonchev–Trinajstić information content (AvgIpc) is 3.17. The highest BCUT2D eigenvalue weighted by molar-refractivity contribution is 14.1. The molecule has 8 nitrogen and oxygen atoms in total. The number of ether oxygens (including phenoxy) is 4. The first kappa shape index (κ1) is 26.9. The van der Waals surface area contributed by atoms with Crippen molar-refractivity contribution in [1.82, 2.24) is 4.57 Å². The van der Waals surface area contributed by atoms with Crippen LogP contribution in [0.4, 0.5) is 0 Å². The number of allylic oxidation sites excluding steroid dienone is 1. The van der Waals surface area contributed by atoms with Crippen molar-refractivity contribution < 1.29 is 23.7 Å². The molecule has 0 fully saturated rings. The van der Waals surface area contributed by atoms with Gasteiger partial charge in [-0.15, -0.1) is 0 Å². The Morgan fingerprint density at radius 2 is 1.81 bits per heavy atom. The van der Waals surface area contributed by atoms with Gasteiger partial charge in [-0.3, -0.25) is 9.36 Å². The summed E-state index contributed by atoms with van der Waals surface area (Å²) in [5, 5.41) is 0. The van der Waals surface area contributed by atoms with E-state index >= 15 is 0 Å². The van der Waals surface area contributed by atoms with Gasteiger partial charge in [0.2, 0.25) is 0 Å². The zero-order valence-electron chi connectivity index (χ0n) is 21.2. The van der Waals surface area contributed by atoms with E-state index < -0.39 is 12.0 Å². The predicted molar refractivity (Wildman–Crippen MR) is 150 cm³/mol. The SMILES string of the molecule is CCOC(=O)C1=C(C)N=c2s/c(=C/c3ccc(OC)c(I)c3)c(=O)n2[C@@H]1c1ccc(OC)c(OCC)c1. The summed E-state index contributed by atoms with van der Waals surface area (Å²) >= 11 is 3.47. The number of hydrogen-bond acceptors (Lipinski definition) is 8. The quantitative estimate of drug-likeness (QED) is 0.277. The molecule has 37 heavy (non-hydrogen) atoms. The van der Waals surface area contributed by atoms with Crippen molar-refractivity contribution in [3.63, 3.8) is 0 Å². The second-order valence-electron chi connectivity index (χ2n) is 8.04. The molecule has 0 radical (unpaired) electrons. The van der Waals surface area contributed by atoms with Crippen molar-refractivity contribution in [2.45, 2.75) is 26.8 Å². The van der Waals surface area contributed by atoms with Gasteiger partial charge in [0.15, 0.2) is 16.3 Å². The van der Waals surface area contributed by atoms with Gasteiger partial charge >= 0.3 is 5.97 Å². The maximum atomic E-state index is 13.8. The minimum Gasteiger partial charge on any atom is -0.496 e. The summed E-state index contributed by atoms with van der Waals surface area (Å²) in [6.07, 6.45) is 1.82. The fraction of sp³-hybridized carbons (Fsp3) is 0.296. The molecule has 0 amide bonds. The van der Waals surface area contributed by atoms with E-state index in [9.17, 15) is 9.59 Å². The van der Waals surface area contributed by atoms with Gasteiger partial charge < -0.3 is 18.9 Å². The van der Waals surface area contributed by atoms with Crippen LogP contribution in [0, 0.1) is 3.57 Å². The summed E-state index contributed by atoms with van der Waals surface area (Å²) < 4.78 is 24.9. The highest BCUT2D eigenvalue weighted by Crippen LogP contribution is 2.36. The van der Waals surface area contributed by atoms with Crippen molar-refractivity contribution in [2.24, 2.45) is 4.99 Å². The van der Waals surface area contributed by atoms with Crippen LogP contribution in [-0.4, -0.2) is 38.0 Å². The lowest BCUT2D eigenvalue weighted by Gasteiger charge is -2.25. The molecule has 0 bridgehead atoms. The second-order valence-corrected chi connectivity index (χ2v) is 10.2. The molecule has 1 aliphatic rings. The van der Waals surface area contributed by atoms with E-state index in [0.29, 0.717) is 44.3 Å². The zero-order valence-corrected chi connectivity index (χ0v) is 24.1. The Morgan fingerprint density at radius 3 is 2.46 bits per heavy atom. The Kier molecular flexibility index (Phi) is 8.38. The first-order chi connectivity index (χ1) is 17.8. The Morgan fingerprint density at radius 1 is 1.08 bits per heavy atom. The van der Waals surface area contributed by atoms with E-state index in [1.54, 1.807) is 44.8 Å². The number of aromatic nitrogens is 1. The Labute approximate surface area is 232 Å². The van der Waals surface area contributed by atoms with E-state index in [1.807, 2.05) is 37.3 Å². The third-order valence-corrected chi connectivity index (χ3v) is 7.62. The molecule has 1 aliphatic heterocycles. The highest BCUT2D eigenvalue weighted by atomic mass is 127.